The smallest absolute Gasteiger partial charge is 0.301 e. The van der Waals surface area contributed by atoms with Crippen molar-refractivity contribution in [2.45, 2.75) is 20.8 Å². The van der Waals surface area contributed by atoms with Crippen LogP contribution < -0.4 is 5.43 Å². The van der Waals surface area contributed by atoms with Crippen LogP contribution >= 0.6 is 0 Å². The van der Waals surface area contributed by atoms with Gasteiger partial charge in [0.1, 0.15) is 11.3 Å². The fourth-order valence-corrected chi connectivity index (χ4v) is 2.66. The number of benzene rings is 2. The highest BCUT2D eigenvalue weighted by atomic mass is 16.6. The number of nitrogens with one attached hydrogen (secondary N) is 1. The van der Waals surface area contributed by atoms with E-state index in [1.165, 1.54) is 18.3 Å². The van der Waals surface area contributed by atoms with Gasteiger partial charge in [0.25, 0.3) is 5.69 Å². The van der Waals surface area contributed by atoms with Crippen LogP contribution in [0.2, 0.25) is 0 Å². The minimum atomic E-state index is -0.706. The average molecular weight is 368 g/mol. The molecule has 0 bridgehead atoms. The second-order valence-corrected chi connectivity index (χ2v) is 6.11. The van der Waals surface area contributed by atoms with Gasteiger partial charge >= 0.3 is 5.69 Å². The normalized spacial score (nSPS) is 11.2. The minimum absolute atomic E-state index is 0.0438. The molecule has 2 aromatic carbocycles. The minimum Gasteiger partial charge on any atom is -0.455 e. The number of fused-ring (bicyclic) bond motifs is 1. The Morgan fingerprint density at radius 2 is 1.74 bits per heavy atom. The second-order valence-electron chi connectivity index (χ2n) is 6.11. The Morgan fingerprint density at radius 1 is 1.04 bits per heavy atom. The Bertz CT molecular complexity index is 1100. The highest BCUT2D eigenvalue weighted by Crippen LogP contribution is 2.29. The summed E-state index contributed by atoms with van der Waals surface area (Å²) in [6, 6.07) is 7.28. The monoisotopic (exact) mass is 368 g/mol. The number of non-ortho nitro benzene ring substituents is 1. The number of hydrogen-bond acceptors (Lipinski definition) is 7. The van der Waals surface area contributed by atoms with Crippen LogP contribution in [0.4, 0.5) is 17.1 Å². The van der Waals surface area contributed by atoms with E-state index < -0.39 is 15.5 Å². The van der Waals surface area contributed by atoms with Crippen molar-refractivity contribution in [1.82, 2.24) is 0 Å². The molecular formula is C18H16N4O5. The van der Waals surface area contributed by atoms with Gasteiger partial charge in [0.05, 0.1) is 22.1 Å². The van der Waals surface area contributed by atoms with Crippen molar-refractivity contribution in [3.05, 3.63) is 73.0 Å². The van der Waals surface area contributed by atoms with Gasteiger partial charge in [0.2, 0.25) is 0 Å². The molecule has 0 atom stereocenters. The predicted molar refractivity (Wildman–Crippen MR) is 101 cm³/mol. The number of hydrazone groups is 1. The summed E-state index contributed by atoms with van der Waals surface area (Å²) in [5.41, 5.74) is 5.68. The third-order valence-corrected chi connectivity index (χ3v) is 4.35. The molecule has 3 aromatic rings. The van der Waals surface area contributed by atoms with Crippen LogP contribution in [-0.2, 0) is 0 Å². The van der Waals surface area contributed by atoms with Crippen molar-refractivity contribution < 1.29 is 14.3 Å². The molecule has 1 heterocycles. The maximum atomic E-state index is 11.1. The number of furan rings is 1. The van der Waals surface area contributed by atoms with Crippen molar-refractivity contribution in [1.29, 1.82) is 0 Å². The lowest BCUT2D eigenvalue weighted by Crippen LogP contribution is -1.98. The number of nitrogens with zero attached hydrogens (tertiary/aromatic N) is 3. The summed E-state index contributed by atoms with van der Waals surface area (Å²) in [6.45, 7) is 5.91. The number of nitro groups is 2. The van der Waals surface area contributed by atoms with Crippen LogP contribution in [-0.4, -0.2) is 16.1 Å². The number of hydrogen-bond donors (Lipinski definition) is 1. The first-order valence-electron chi connectivity index (χ1n) is 8.00. The highest BCUT2D eigenvalue weighted by Gasteiger charge is 2.19. The van der Waals surface area contributed by atoms with Crippen molar-refractivity contribution in [2.24, 2.45) is 5.10 Å². The topological polar surface area (TPSA) is 124 Å². The Hall–Kier alpha value is -3.75. The van der Waals surface area contributed by atoms with Crippen LogP contribution in [0.5, 0.6) is 0 Å². The lowest BCUT2D eigenvalue weighted by molar-refractivity contribution is -0.393. The average Bonchev–Trinajstić information content (AvgIpc) is 2.91. The fraction of sp³-hybridized carbons (Fsp3) is 0.167. The molecule has 0 fully saturated rings. The molecule has 9 nitrogen and oxygen atoms in total. The molecule has 1 N–H and O–H groups in total. The van der Waals surface area contributed by atoms with Gasteiger partial charge in [-0.05, 0) is 50.1 Å². The summed E-state index contributed by atoms with van der Waals surface area (Å²) in [5.74, 6) is 0.520. The van der Waals surface area contributed by atoms with E-state index in [4.69, 9.17) is 4.42 Å². The number of aryl methyl sites for hydroxylation is 3. The summed E-state index contributed by atoms with van der Waals surface area (Å²) in [4.78, 5) is 20.5. The van der Waals surface area contributed by atoms with Gasteiger partial charge < -0.3 is 4.42 Å². The second kappa shape index (κ2) is 6.87. The molecule has 0 amide bonds. The zero-order valence-electron chi connectivity index (χ0n) is 14.8. The zero-order valence-corrected chi connectivity index (χ0v) is 14.8. The molecule has 1 aromatic heterocycles. The molecule has 0 radical (unpaired) electrons. The van der Waals surface area contributed by atoms with Crippen molar-refractivity contribution in [3.63, 3.8) is 0 Å². The molecule has 0 aliphatic carbocycles. The fourth-order valence-electron chi connectivity index (χ4n) is 2.66. The predicted octanol–water partition coefficient (Wildman–Crippen LogP) is 4.62. The van der Waals surface area contributed by atoms with Crippen LogP contribution in [0.25, 0.3) is 11.0 Å². The summed E-state index contributed by atoms with van der Waals surface area (Å²) in [5, 5.41) is 26.9. The quantitative estimate of drug-likeness (QED) is 0.398. The Balaban J connectivity index is 1.90. The highest BCUT2D eigenvalue weighted by molar-refractivity contribution is 5.92. The molecule has 0 saturated heterocycles. The van der Waals surface area contributed by atoms with Crippen LogP contribution in [0.3, 0.4) is 0 Å². The Labute approximate surface area is 153 Å². The van der Waals surface area contributed by atoms with Gasteiger partial charge in [0, 0.05) is 17.0 Å². The molecule has 27 heavy (non-hydrogen) atoms. The third-order valence-electron chi connectivity index (χ3n) is 4.35. The van der Waals surface area contributed by atoms with E-state index in [9.17, 15) is 20.2 Å². The van der Waals surface area contributed by atoms with E-state index in [2.05, 4.69) is 10.5 Å². The molecule has 0 unspecified atom stereocenters. The van der Waals surface area contributed by atoms with Gasteiger partial charge in [-0.15, -0.1) is 0 Å². The van der Waals surface area contributed by atoms with Crippen LogP contribution in [0, 0.1) is 41.0 Å². The molecule has 3 rings (SSSR count). The lowest BCUT2D eigenvalue weighted by Gasteiger charge is -2.01. The molecule has 0 spiro atoms. The Kier molecular flexibility index (Phi) is 4.59. The van der Waals surface area contributed by atoms with Gasteiger partial charge in [-0.1, -0.05) is 0 Å². The summed E-state index contributed by atoms with van der Waals surface area (Å²) in [7, 11) is 0. The Morgan fingerprint density at radius 3 is 2.41 bits per heavy atom. The largest absolute Gasteiger partial charge is 0.455 e. The molecule has 0 saturated carbocycles. The maximum absolute atomic E-state index is 11.1. The van der Waals surface area contributed by atoms with E-state index in [-0.39, 0.29) is 11.4 Å². The van der Waals surface area contributed by atoms with E-state index in [1.54, 1.807) is 0 Å². The first-order chi connectivity index (χ1) is 12.8. The summed E-state index contributed by atoms with van der Waals surface area (Å²) < 4.78 is 5.79. The van der Waals surface area contributed by atoms with Gasteiger partial charge in [-0.25, -0.2) is 0 Å². The molecule has 0 aliphatic heterocycles. The van der Waals surface area contributed by atoms with Crippen molar-refractivity contribution in [2.75, 3.05) is 5.43 Å². The lowest BCUT2D eigenvalue weighted by atomic mass is 10.1. The number of rotatable bonds is 5. The number of anilines is 1. The first kappa shape index (κ1) is 18.1. The van der Waals surface area contributed by atoms with E-state index in [0.717, 1.165) is 33.7 Å². The molecule has 9 heteroatoms. The standard InChI is InChI=1S/C18H16N4O5/c1-10-6-14-12(3)18(27-17(14)7-11(10)2)9-19-20-15-5-4-13(21(23)24)8-16(15)22(25)26/h4-9,20H,1-3H3. The maximum Gasteiger partial charge on any atom is 0.301 e. The molecular weight excluding hydrogens is 352 g/mol. The van der Waals surface area contributed by atoms with E-state index in [1.807, 2.05) is 32.9 Å². The van der Waals surface area contributed by atoms with E-state index in [0.29, 0.717) is 5.76 Å². The molecule has 0 aliphatic rings. The first-order valence-corrected chi connectivity index (χ1v) is 8.00. The van der Waals surface area contributed by atoms with Gasteiger partial charge in [-0.3, -0.25) is 25.7 Å². The van der Waals surface area contributed by atoms with Gasteiger partial charge in [-0.2, -0.15) is 5.10 Å². The third kappa shape index (κ3) is 3.47. The van der Waals surface area contributed by atoms with Crippen LogP contribution in [0.15, 0.2) is 39.9 Å². The SMILES string of the molecule is Cc1cc2oc(C=NNc3ccc([N+](=O)[O-])cc3[N+](=O)[O-])c(C)c2cc1C. The van der Waals surface area contributed by atoms with Crippen LogP contribution in [0.1, 0.15) is 22.5 Å². The number of nitro benzene ring substituents is 2. The van der Waals surface area contributed by atoms with Gasteiger partial charge in [0.15, 0.2) is 5.76 Å². The van der Waals surface area contributed by atoms with Crippen molar-refractivity contribution in [3.8, 4) is 0 Å². The zero-order chi connectivity index (χ0) is 19.7. The summed E-state index contributed by atoms with van der Waals surface area (Å²) in [6.07, 6.45) is 1.42. The summed E-state index contributed by atoms with van der Waals surface area (Å²) >= 11 is 0. The van der Waals surface area contributed by atoms with E-state index >= 15 is 0 Å². The molecule has 138 valence electrons. The van der Waals surface area contributed by atoms with Crippen molar-refractivity contribution >= 4 is 34.2 Å².